The van der Waals surface area contributed by atoms with Gasteiger partial charge in [-0.15, -0.1) is 0 Å². The number of nitrogens with zero attached hydrogens (tertiary/aromatic N) is 1. The van der Waals surface area contributed by atoms with Crippen molar-refractivity contribution in [1.82, 2.24) is 0 Å². The Balaban J connectivity index is 4.21. The number of likely N-dealkylation sites (N-methyl/N-ethyl adjacent to an activating group) is 1. The molecule has 63 heavy (non-hydrogen) atoms. The molecule has 0 aliphatic carbocycles. The molecule has 2 atom stereocenters. The molecular weight excluding hydrogens is 787 g/mol. The van der Waals surface area contributed by atoms with Crippen molar-refractivity contribution in [3.8, 4) is 0 Å². The summed E-state index contributed by atoms with van der Waals surface area (Å²) in [5, 5.41) is 11.7. The Morgan fingerprint density at radius 2 is 0.825 bits per heavy atom. The highest BCUT2D eigenvalue weighted by Gasteiger charge is 2.25. The average Bonchev–Trinajstić information content (AvgIpc) is 3.24. The van der Waals surface area contributed by atoms with Crippen LogP contribution in [0.15, 0.2) is 24.3 Å². The smallest absolute Gasteiger partial charge is 0.306 e. The minimum atomic E-state index is -1.12. The first-order chi connectivity index (χ1) is 30.6. The van der Waals surface area contributed by atoms with E-state index in [0.717, 1.165) is 57.8 Å². The molecule has 0 bridgehead atoms. The maximum atomic E-state index is 12.8. The van der Waals surface area contributed by atoms with E-state index in [1.165, 1.54) is 167 Å². The molecule has 0 aromatic rings. The third-order valence-electron chi connectivity index (χ3n) is 12.4. The molecule has 8 nitrogen and oxygen atoms in total. The number of carboxylic acid groups (broad SMARTS) is 1. The van der Waals surface area contributed by atoms with E-state index in [0.29, 0.717) is 12.8 Å². The van der Waals surface area contributed by atoms with Gasteiger partial charge >= 0.3 is 11.9 Å². The van der Waals surface area contributed by atoms with E-state index in [1.54, 1.807) is 0 Å². The Bertz CT molecular complexity index is 1080. The topological polar surface area (TPSA) is 102 Å². The van der Waals surface area contributed by atoms with Gasteiger partial charge < -0.3 is 28.6 Å². The molecule has 0 rings (SSSR count). The molecule has 0 aromatic carbocycles. The number of carbonyl (C=O) groups is 3. The zero-order valence-electron chi connectivity index (χ0n) is 42.3. The summed E-state index contributed by atoms with van der Waals surface area (Å²) < 4.78 is 17.3. The van der Waals surface area contributed by atoms with Crippen LogP contribution < -0.4 is 5.11 Å². The number of quaternary nitrogens is 1. The zero-order chi connectivity index (χ0) is 46.3. The summed E-state index contributed by atoms with van der Waals surface area (Å²) in [6, 6.07) is -0.726. The Morgan fingerprint density at radius 3 is 1.19 bits per heavy atom. The van der Waals surface area contributed by atoms with E-state index in [2.05, 4.69) is 38.2 Å². The summed E-state index contributed by atoms with van der Waals surface area (Å²) >= 11 is 0. The number of carboxylic acids is 1. The molecular formula is C55H103NO7. The summed E-state index contributed by atoms with van der Waals surface area (Å²) in [5.41, 5.74) is 0. The van der Waals surface area contributed by atoms with Crippen LogP contribution in [0.2, 0.25) is 0 Å². The van der Waals surface area contributed by atoms with Gasteiger partial charge in [-0.2, -0.15) is 0 Å². The molecule has 0 fully saturated rings. The van der Waals surface area contributed by atoms with Gasteiger partial charge in [0.05, 0.1) is 40.3 Å². The van der Waals surface area contributed by atoms with E-state index in [1.807, 2.05) is 21.1 Å². The zero-order valence-corrected chi connectivity index (χ0v) is 42.3. The van der Waals surface area contributed by atoms with Gasteiger partial charge in [0.15, 0.2) is 6.10 Å². The fourth-order valence-corrected chi connectivity index (χ4v) is 8.18. The molecule has 0 spiro atoms. The second kappa shape index (κ2) is 46.3. The lowest BCUT2D eigenvalue weighted by atomic mass is 10.0. The average molecular weight is 890 g/mol. The van der Waals surface area contributed by atoms with Crippen LogP contribution in [0.25, 0.3) is 0 Å². The van der Waals surface area contributed by atoms with Crippen LogP contribution in [-0.2, 0) is 28.6 Å². The van der Waals surface area contributed by atoms with Gasteiger partial charge in [-0.3, -0.25) is 9.59 Å². The highest BCUT2D eigenvalue weighted by atomic mass is 16.6. The first-order valence-corrected chi connectivity index (χ1v) is 26.9. The first-order valence-electron chi connectivity index (χ1n) is 26.9. The molecule has 0 N–H and O–H groups in total. The summed E-state index contributed by atoms with van der Waals surface area (Å²) in [7, 11) is 5.42. The van der Waals surface area contributed by atoms with Crippen LogP contribution in [0.1, 0.15) is 258 Å². The van der Waals surface area contributed by atoms with Crippen molar-refractivity contribution in [1.29, 1.82) is 0 Å². The maximum absolute atomic E-state index is 12.8. The van der Waals surface area contributed by atoms with Gasteiger partial charge in [-0.25, -0.2) is 0 Å². The SMILES string of the molecule is CCCCCCCCC/C=C/C=C/CCCCCCCC(=O)OCC(COCCC(C(=O)[O-])[N+](C)(C)C)OC(=O)CCCCCCCCCCCCCCCCCCCCCCC. The minimum Gasteiger partial charge on any atom is -0.544 e. The third-order valence-corrected chi connectivity index (χ3v) is 12.4. The Morgan fingerprint density at radius 1 is 0.476 bits per heavy atom. The number of rotatable bonds is 49. The number of unbranched alkanes of at least 4 members (excludes halogenated alkanes) is 32. The summed E-state index contributed by atoms with van der Waals surface area (Å²) in [6.45, 7) is 4.69. The number of hydrogen-bond acceptors (Lipinski definition) is 7. The van der Waals surface area contributed by atoms with Gasteiger partial charge in [0.25, 0.3) is 0 Å². The molecule has 0 saturated heterocycles. The summed E-state index contributed by atoms with van der Waals surface area (Å²) in [6.07, 6.45) is 53.5. The minimum absolute atomic E-state index is 0.0403. The summed E-state index contributed by atoms with van der Waals surface area (Å²) in [5.74, 6) is -1.73. The second-order valence-corrected chi connectivity index (χ2v) is 19.5. The number of aliphatic carboxylic acids is 1. The van der Waals surface area contributed by atoms with Gasteiger partial charge in [-0.05, 0) is 38.5 Å². The predicted molar refractivity (Wildman–Crippen MR) is 264 cm³/mol. The fraction of sp³-hybridized carbons (Fsp3) is 0.873. The molecule has 0 radical (unpaired) electrons. The molecule has 0 aliphatic heterocycles. The fourth-order valence-electron chi connectivity index (χ4n) is 8.18. The van der Waals surface area contributed by atoms with E-state index in [4.69, 9.17) is 14.2 Å². The molecule has 8 heteroatoms. The number of hydrogen-bond donors (Lipinski definition) is 0. The van der Waals surface area contributed by atoms with Crippen LogP contribution in [0.4, 0.5) is 0 Å². The van der Waals surface area contributed by atoms with E-state index in [-0.39, 0.29) is 42.7 Å². The molecule has 0 amide bonds. The number of carbonyl (C=O) groups excluding carboxylic acids is 3. The molecule has 370 valence electrons. The van der Waals surface area contributed by atoms with Crippen LogP contribution >= 0.6 is 0 Å². The highest BCUT2D eigenvalue weighted by molar-refractivity contribution is 5.70. The lowest BCUT2D eigenvalue weighted by molar-refractivity contribution is -0.889. The molecule has 0 heterocycles. The van der Waals surface area contributed by atoms with E-state index >= 15 is 0 Å². The summed E-state index contributed by atoms with van der Waals surface area (Å²) in [4.78, 5) is 37.1. The Labute approximate surface area is 390 Å². The van der Waals surface area contributed by atoms with Crippen LogP contribution in [0.5, 0.6) is 0 Å². The quantitative estimate of drug-likeness (QED) is 0.0259. The number of esters is 2. The largest absolute Gasteiger partial charge is 0.544 e. The van der Waals surface area contributed by atoms with Crippen molar-refractivity contribution in [3.05, 3.63) is 24.3 Å². The molecule has 0 aliphatic rings. The normalized spacial score (nSPS) is 13.0. The standard InChI is InChI=1S/C55H103NO7/c1-6-8-10-12-14-16-18-20-22-24-26-27-28-30-32-34-36-38-40-42-44-46-54(58)63-51(49-61-48-47-52(55(59)60)56(3,4)5)50-62-53(57)45-43-41-39-37-35-33-31-29-25-23-21-19-17-15-13-11-9-7-2/h23,25,29,31,51-52H,6-22,24,26-28,30,32-50H2,1-5H3/b25-23+,31-29+. The predicted octanol–water partition coefficient (Wildman–Crippen LogP) is 14.3. The van der Waals surface area contributed by atoms with Gasteiger partial charge in [0, 0.05) is 19.3 Å². The van der Waals surface area contributed by atoms with Crippen molar-refractivity contribution in [3.63, 3.8) is 0 Å². The van der Waals surface area contributed by atoms with Crippen molar-refractivity contribution < 1.29 is 38.2 Å². The number of ether oxygens (including phenoxy) is 3. The van der Waals surface area contributed by atoms with E-state index < -0.39 is 18.1 Å². The van der Waals surface area contributed by atoms with Gasteiger partial charge in [0.2, 0.25) is 0 Å². The lowest BCUT2D eigenvalue weighted by Crippen LogP contribution is -2.55. The molecule has 2 unspecified atom stereocenters. The first kappa shape index (κ1) is 60.8. The van der Waals surface area contributed by atoms with Crippen molar-refractivity contribution in [2.45, 2.75) is 270 Å². The monoisotopic (exact) mass is 890 g/mol. The van der Waals surface area contributed by atoms with Crippen LogP contribution in [-0.4, -0.2) is 75.5 Å². The lowest BCUT2D eigenvalue weighted by Gasteiger charge is -2.34. The van der Waals surface area contributed by atoms with E-state index in [9.17, 15) is 19.5 Å². The van der Waals surface area contributed by atoms with Gasteiger partial charge in [-0.1, -0.05) is 224 Å². The molecule has 0 saturated carbocycles. The number of allylic oxidation sites excluding steroid dienone is 4. The maximum Gasteiger partial charge on any atom is 0.306 e. The van der Waals surface area contributed by atoms with Crippen LogP contribution in [0.3, 0.4) is 0 Å². The van der Waals surface area contributed by atoms with Crippen molar-refractivity contribution in [2.75, 3.05) is 41.0 Å². The molecule has 0 aromatic heterocycles. The van der Waals surface area contributed by atoms with Crippen molar-refractivity contribution >= 4 is 17.9 Å². The highest BCUT2D eigenvalue weighted by Crippen LogP contribution is 2.17. The second-order valence-electron chi connectivity index (χ2n) is 19.5. The van der Waals surface area contributed by atoms with Gasteiger partial charge in [0.1, 0.15) is 12.6 Å². The Hall–Kier alpha value is -2.19. The Kier molecular flexibility index (Phi) is 44.7. The third kappa shape index (κ3) is 44.8. The van der Waals surface area contributed by atoms with Crippen LogP contribution in [0, 0.1) is 0 Å². The van der Waals surface area contributed by atoms with Crippen molar-refractivity contribution in [2.24, 2.45) is 0 Å².